The molecule has 84 valence electrons. The monoisotopic (exact) mass is 219 g/mol. The summed E-state index contributed by atoms with van der Waals surface area (Å²) in [5.74, 6) is -0.222. The molecule has 0 aliphatic heterocycles. The SMILES string of the molecule is CCc1ccc(OC(F)(F)F)cc1CN. The average molecular weight is 219 g/mol. The molecule has 1 aromatic carbocycles. The highest BCUT2D eigenvalue weighted by atomic mass is 19.4. The average Bonchev–Trinajstić information content (AvgIpc) is 2.15. The van der Waals surface area contributed by atoms with Gasteiger partial charge in [-0.3, -0.25) is 0 Å². The van der Waals surface area contributed by atoms with E-state index in [0.717, 1.165) is 12.0 Å². The molecular formula is C10H12F3NO. The fourth-order valence-corrected chi connectivity index (χ4v) is 1.33. The molecule has 0 saturated heterocycles. The first-order valence-electron chi connectivity index (χ1n) is 4.54. The highest BCUT2D eigenvalue weighted by Crippen LogP contribution is 2.25. The first kappa shape index (κ1) is 11.8. The highest BCUT2D eigenvalue weighted by molar-refractivity contribution is 5.35. The lowest BCUT2D eigenvalue weighted by Crippen LogP contribution is -2.17. The molecule has 1 aromatic rings. The van der Waals surface area contributed by atoms with Gasteiger partial charge < -0.3 is 10.5 Å². The van der Waals surface area contributed by atoms with Crippen molar-refractivity contribution in [3.8, 4) is 5.75 Å². The van der Waals surface area contributed by atoms with E-state index in [1.165, 1.54) is 12.1 Å². The van der Waals surface area contributed by atoms with Crippen LogP contribution in [0.5, 0.6) is 5.75 Å². The van der Waals surface area contributed by atoms with Crippen molar-refractivity contribution in [1.82, 2.24) is 0 Å². The zero-order valence-electron chi connectivity index (χ0n) is 8.27. The van der Waals surface area contributed by atoms with Crippen molar-refractivity contribution in [2.24, 2.45) is 5.73 Å². The molecule has 5 heteroatoms. The minimum Gasteiger partial charge on any atom is -0.406 e. The van der Waals surface area contributed by atoms with Crippen LogP contribution in [0.4, 0.5) is 13.2 Å². The Kier molecular flexibility index (Phi) is 3.57. The van der Waals surface area contributed by atoms with E-state index in [4.69, 9.17) is 5.73 Å². The first-order chi connectivity index (χ1) is 6.96. The van der Waals surface area contributed by atoms with Crippen LogP contribution in [0.1, 0.15) is 18.1 Å². The summed E-state index contributed by atoms with van der Waals surface area (Å²) in [6, 6.07) is 4.22. The molecule has 0 aliphatic carbocycles. The zero-order chi connectivity index (χ0) is 11.5. The van der Waals surface area contributed by atoms with Gasteiger partial charge in [-0.15, -0.1) is 13.2 Å². The second-order valence-corrected chi connectivity index (χ2v) is 3.04. The highest BCUT2D eigenvalue weighted by Gasteiger charge is 2.31. The van der Waals surface area contributed by atoms with Gasteiger partial charge in [0.25, 0.3) is 0 Å². The van der Waals surface area contributed by atoms with Gasteiger partial charge in [-0.1, -0.05) is 13.0 Å². The van der Waals surface area contributed by atoms with Gasteiger partial charge in [0.2, 0.25) is 0 Å². The number of benzene rings is 1. The summed E-state index contributed by atoms with van der Waals surface area (Å²) < 4.78 is 39.5. The van der Waals surface area contributed by atoms with Gasteiger partial charge in [-0.2, -0.15) is 0 Å². The number of ether oxygens (including phenoxy) is 1. The van der Waals surface area contributed by atoms with E-state index in [2.05, 4.69) is 4.74 Å². The fourth-order valence-electron chi connectivity index (χ4n) is 1.33. The van der Waals surface area contributed by atoms with E-state index in [0.29, 0.717) is 5.56 Å². The molecule has 1 rings (SSSR count). The van der Waals surface area contributed by atoms with Crippen LogP contribution in [0.15, 0.2) is 18.2 Å². The largest absolute Gasteiger partial charge is 0.573 e. The van der Waals surface area contributed by atoms with Crippen LogP contribution in [-0.2, 0) is 13.0 Å². The second kappa shape index (κ2) is 4.53. The Labute approximate surface area is 85.8 Å². The van der Waals surface area contributed by atoms with Crippen molar-refractivity contribution in [3.05, 3.63) is 29.3 Å². The van der Waals surface area contributed by atoms with E-state index in [1.807, 2.05) is 6.92 Å². The van der Waals surface area contributed by atoms with Crippen LogP contribution in [0, 0.1) is 0 Å². The topological polar surface area (TPSA) is 35.2 Å². The molecule has 15 heavy (non-hydrogen) atoms. The maximum Gasteiger partial charge on any atom is 0.573 e. The maximum absolute atomic E-state index is 11.9. The van der Waals surface area contributed by atoms with Crippen molar-refractivity contribution in [2.45, 2.75) is 26.3 Å². The number of nitrogens with two attached hydrogens (primary N) is 1. The Balaban J connectivity index is 2.93. The van der Waals surface area contributed by atoms with E-state index in [9.17, 15) is 13.2 Å². The van der Waals surface area contributed by atoms with E-state index in [-0.39, 0.29) is 12.3 Å². The van der Waals surface area contributed by atoms with Crippen LogP contribution in [0.2, 0.25) is 0 Å². The minimum atomic E-state index is -4.65. The van der Waals surface area contributed by atoms with Crippen molar-refractivity contribution in [3.63, 3.8) is 0 Å². The number of halogens is 3. The number of rotatable bonds is 3. The van der Waals surface area contributed by atoms with Gasteiger partial charge in [-0.25, -0.2) is 0 Å². The molecule has 0 atom stereocenters. The third-order valence-corrected chi connectivity index (χ3v) is 2.01. The van der Waals surface area contributed by atoms with Gasteiger partial charge in [0.05, 0.1) is 0 Å². The van der Waals surface area contributed by atoms with Gasteiger partial charge in [0.15, 0.2) is 0 Å². The molecule has 0 fully saturated rings. The van der Waals surface area contributed by atoms with Crippen LogP contribution in [0.25, 0.3) is 0 Å². The Bertz CT molecular complexity index is 336. The minimum absolute atomic E-state index is 0.207. The number of alkyl halides is 3. The van der Waals surface area contributed by atoms with Crippen LogP contribution >= 0.6 is 0 Å². The summed E-state index contributed by atoms with van der Waals surface area (Å²) >= 11 is 0. The van der Waals surface area contributed by atoms with E-state index in [1.54, 1.807) is 6.07 Å². The summed E-state index contributed by atoms with van der Waals surface area (Å²) in [5, 5.41) is 0. The molecule has 0 aromatic heterocycles. The normalized spacial score (nSPS) is 11.5. The molecule has 0 amide bonds. The van der Waals surface area contributed by atoms with Crippen LogP contribution in [-0.4, -0.2) is 6.36 Å². The molecule has 2 N–H and O–H groups in total. The number of hydrogen-bond donors (Lipinski definition) is 1. The predicted molar refractivity (Wildman–Crippen MR) is 50.4 cm³/mol. The molecule has 0 unspecified atom stereocenters. The molecule has 0 bridgehead atoms. The molecule has 0 radical (unpaired) electrons. The molecule has 0 aliphatic rings. The van der Waals surface area contributed by atoms with Crippen molar-refractivity contribution in [1.29, 1.82) is 0 Å². The smallest absolute Gasteiger partial charge is 0.406 e. The molecule has 2 nitrogen and oxygen atoms in total. The molecule has 0 heterocycles. The van der Waals surface area contributed by atoms with Crippen LogP contribution < -0.4 is 10.5 Å². The van der Waals surface area contributed by atoms with E-state index >= 15 is 0 Å². The summed E-state index contributed by atoms with van der Waals surface area (Å²) in [7, 11) is 0. The lowest BCUT2D eigenvalue weighted by molar-refractivity contribution is -0.274. The zero-order valence-corrected chi connectivity index (χ0v) is 8.27. The summed E-state index contributed by atoms with van der Waals surface area (Å²) in [5.41, 5.74) is 7.04. The standard InChI is InChI=1S/C10H12F3NO/c1-2-7-3-4-9(5-8(7)6-14)15-10(11,12)13/h3-5H,2,6,14H2,1H3. The van der Waals surface area contributed by atoms with Gasteiger partial charge in [-0.05, 0) is 29.7 Å². The first-order valence-corrected chi connectivity index (χ1v) is 4.54. The summed E-state index contributed by atoms with van der Waals surface area (Å²) in [6.07, 6.45) is -3.92. The summed E-state index contributed by atoms with van der Waals surface area (Å²) in [6.45, 7) is 2.12. The maximum atomic E-state index is 11.9. The molecular weight excluding hydrogens is 207 g/mol. The third kappa shape index (κ3) is 3.43. The predicted octanol–water partition coefficient (Wildman–Crippen LogP) is 2.61. The lowest BCUT2D eigenvalue weighted by Gasteiger charge is -2.11. The fraction of sp³-hybridized carbons (Fsp3) is 0.400. The summed E-state index contributed by atoms with van der Waals surface area (Å²) in [4.78, 5) is 0. The Morgan fingerprint density at radius 1 is 1.27 bits per heavy atom. The second-order valence-electron chi connectivity index (χ2n) is 3.04. The van der Waals surface area contributed by atoms with Crippen LogP contribution in [0.3, 0.4) is 0 Å². The van der Waals surface area contributed by atoms with Gasteiger partial charge in [0.1, 0.15) is 5.75 Å². The van der Waals surface area contributed by atoms with Crippen molar-refractivity contribution in [2.75, 3.05) is 0 Å². The van der Waals surface area contributed by atoms with E-state index < -0.39 is 6.36 Å². The number of aryl methyl sites for hydroxylation is 1. The Morgan fingerprint density at radius 3 is 2.40 bits per heavy atom. The third-order valence-electron chi connectivity index (χ3n) is 2.01. The lowest BCUT2D eigenvalue weighted by atomic mass is 10.1. The van der Waals surface area contributed by atoms with Crippen molar-refractivity contribution >= 4 is 0 Å². The molecule has 0 saturated carbocycles. The Morgan fingerprint density at radius 2 is 1.93 bits per heavy atom. The van der Waals surface area contributed by atoms with Gasteiger partial charge >= 0.3 is 6.36 Å². The quantitative estimate of drug-likeness (QED) is 0.848. The van der Waals surface area contributed by atoms with Crippen molar-refractivity contribution < 1.29 is 17.9 Å². The number of hydrogen-bond acceptors (Lipinski definition) is 2. The molecule has 0 spiro atoms. The Hall–Kier alpha value is -1.23. The van der Waals surface area contributed by atoms with Gasteiger partial charge in [0, 0.05) is 6.54 Å².